The molecular weight excluding hydrogens is 266 g/mol. The van der Waals surface area contributed by atoms with E-state index >= 15 is 0 Å². The minimum atomic E-state index is -0.0523. The predicted octanol–water partition coefficient (Wildman–Crippen LogP) is 2.28. The largest absolute Gasteiger partial charge is 0.361 e. The fourth-order valence-electron chi connectivity index (χ4n) is 2.28. The standard InChI is InChI=1S/C16H21N3O2/c1-12-15(13(2)21-18-12)16(20)19(10-6-9-17)11-14-7-4-3-5-8-14/h3-5,7-8H,6,9-11,17H2,1-2H3. The molecule has 0 atom stereocenters. The number of aromatic nitrogens is 1. The van der Waals surface area contributed by atoms with Crippen LogP contribution in [0.1, 0.15) is 33.8 Å². The third-order valence-corrected chi connectivity index (χ3v) is 3.38. The van der Waals surface area contributed by atoms with Gasteiger partial charge < -0.3 is 15.2 Å². The molecule has 0 unspecified atom stereocenters. The van der Waals surface area contributed by atoms with Gasteiger partial charge in [0.2, 0.25) is 0 Å². The van der Waals surface area contributed by atoms with Crippen molar-refractivity contribution in [3.8, 4) is 0 Å². The second-order valence-electron chi connectivity index (χ2n) is 5.05. The van der Waals surface area contributed by atoms with Crippen LogP contribution < -0.4 is 5.73 Å². The Labute approximate surface area is 124 Å². The lowest BCUT2D eigenvalue weighted by molar-refractivity contribution is 0.0740. The SMILES string of the molecule is Cc1noc(C)c1C(=O)N(CCCN)Cc1ccccc1. The van der Waals surface area contributed by atoms with Crippen molar-refractivity contribution in [1.82, 2.24) is 10.1 Å². The first-order valence-corrected chi connectivity index (χ1v) is 7.09. The van der Waals surface area contributed by atoms with Crippen LogP contribution in [0, 0.1) is 13.8 Å². The van der Waals surface area contributed by atoms with E-state index in [1.54, 1.807) is 18.7 Å². The van der Waals surface area contributed by atoms with Crippen LogP contribution in [0.2, 0.25) is 0 Å². The molecule has 112 valence electrons. The molecule has 5 nitrogen and oxygen atoms in total. The monoisotopic (exact) mass is 287 g/mol. The van der Waals surface area contributed by atoms with E-state index in [1.807, 2.05) is 30.3 Å². The van der Waals surface area contributed by atoms with Gasteiger partial charge in [0.25, 0.3) is 5.91 Å². The normalized spacial score (nSPS) is 10.6. The van der Waals surface area contributed by atoms with E-state index in [0.29, 0.717) is 36.7 Å². The molecule has 0 aliphatic rings. The Morgan fingerprint density at radius 1 is 1.29 bits per heavy atom. The summed E-state index contributed by atoms with van der Waals surface area (Å²) in [6.07, 6.45) is 0.766. The first kappa shape index (κ1) is 15.3. The molecule has 2 N–H and O–H groups in total. The molecule has 0 spiro atoms. The van der Waals surface area contributed by atoms with Crippen LogP contribution in [0.15, 0.2) is 34.9 Å². The van der Waals surface area contributed by atoms with Gasteiger partial charge in [-0.2, -0.15) is 0 Å². The van der Waals surface area contributed by atoms with E-state index in [-0.39, 0.29) is 5.91 Å². The van der Waals surface area contributed by atoms with Crippen molar-refractivity contribution in [2.24, 2.45) is 5.73 Å². The minimum absolute atomic E-state index is 0.0523. The van der Waals surface area contributed by atoms with Gasteiger partial charge >= 0.3 is 0 Å². The molecule has 0 fully saturated rings. The van der Waals surface area contributed by atoms with Gasteiger partial charge in [-0.25, -0.2) is 0 Å². The van der Waals surface area contributed by atoms with Crippen LogP contribution >= 0.6 is 0 Å². The number of carbonyl (C=O) groups is 1. The molecule has 5 heteroatoms. The number of hydrogen-bond acceptors (Lipinski definition) is 4. The Balaban J connectivity index is 2.21. The maximum atomic E-state index is 12.7. The van der Waals surface area contributed by atoms with E-state index < -0.39 is 0 Å². The lowest BCUT2D eigenvalue weighted by Gasteiger charge is -2.22. The number of nitrogens with two attached hydrogens (primary N) is 1. The fraction of sp³-hybridized carbons (Fsp3) is 0.375. The maximum Gasteiger partial charge on any atom is 0.259 e. The van der Waals surface area contributed by atoms with Crippen molar-refractivity contribution in [3.05, 3.63) is 52.9 Å². The quantitative estimate of drug-likeness (QED) is 0.884. The molecular formula is C16H21N3O2. The Morgan fingerprint density at radius 3 is 2.57 bits per heavy atom. The number of benzene rings is 1. The summed E-state index contributed by atoms with van der Waals surface area (Å²) in [4.78, 5) is 14.5. The summed E-state index contributed by atoms with van der Waals surface area (Å²) in [5.41, 5.74) is 7.86. The van der Waals surface area contributed by atoms with Gasteiger partial charge in [-0.3, -0.25) is 4.79 Å². The summed E-state index contributed by atoms with van der Waals surface area (Å²) in [7, 11) is 0. The second kappa shape index (κ2) is 7.04. The summed E-state index contributed by atoms with van der Waals surface area (Å²) >= 11 is 0. The number of amides is 1. The third-order valence-electron chi connectivity index (χ3n) is 3.38. The van der Waals surface area contributed by atoms with Gasteiger partial charge in [0.1, 0.15) is 11.3 Å². The van der Waals surface area contributed by atoms with Gasteiger partial charge in [0, 0.05) is 13.1 Å². The molecule has 0 radical (unpaired) electrons. The highest BCUT2D eigenvalue weighted by atomic mass is 16.5. The molecule has 2 rings (SSSR count). The van der Waals surface area contributed by atoms with Crippen molar-refractivity contribution in [2.75, 3.05) is 13.1 Å². The van der Waals surface area contributed by atoms with Crippen molar-refractivity contribution < 1.29 is 9.32 Å². The second-order valence-corrected chi connectivity index (χ2v) is 5.05. The Bertz CT molecular complexity index is 573. The van der Waals surface area contributed by atoms with Gasteiger partial charge in [0.05, 0.1) is 5.69 Å². The highest BCUT2D eigenvalue weighted by Crippen LogP contribution is 2.17. The number of carbonyl (C=O) groups excluding carboxylic acids is 1. The van der Waals surface area contributed by atoms with Gasteiger partial charge in [0.15, 0.2) is 0 Å². The predicted molar refractivity (Wildman–Crippen MR) is 80.8 cm³/mol. The Hall–Kier alpha value is -2.14. The average Bonchev–Trinajstić information content (AvgIpc) is 2.83. The summed E-state index contributed by atoms with van der Waals surface area (Å²) in [5, 5.41) is 3.86. The lowest BCUT2D eigenvalue weighted by atomic mass is 10.1. The van der Waals surface area contributed by atoms with Crippen LogP contribution in [-0.2, 0) is 6.54 Å². The number of hydrogen-bond donors (Lipinski definition) is 1. The molecule has 0 aliphatic heterocycles. The van der Waals surface area contributed by atoms with Crippen LogP contribution in [0.4, 0.5) is 0 Å². The van der Waals surface area contributed by atoms with Crippen molar-refractivity contribution >= 4 is 5.91 Å². The molecule has 21 heavy (non-hydrogen) atoms. The number of nitrogens with zero attached hydrogens (tertiary/aromatic N) is 2. The van der Waals surface area contributed by atoms with Gasteiger partial charge in [-0.1, -0.05) is 35.5 Å². The topological polar surface area (TPSA) is 72.4 Å². The molecule has 1 amide bonds. The molecule has 1 aromatic carbocycles. The van der Waals surface area contributed by atoms with Gasteiger partial charge in [-0.05, 0) is 32.4 Å². The highest BCUT2D eigenvalue weighted by Gasteiger charge is 2.23. The zero-order chi connectivity index (χ0) is 15.2. The summed E-state index contributed by atoms with van der Waals surface area (Å²) in [5.74, 6) is 0.506. The first-order chi connectivity index (χ1) is 10.1. The summed E-state index contributed by atoms with van der Waals surface area (Å²) in [6.45, 7) is 5.28. The lowest BCUT2D eigenvalue weighted by Crippen LogP contribution is -2.33. The molecule has 0 saturated carbocycles. The van der Waals surface area contributed by atoms with E-state index in [1.165, 1.54) is 0 Å². The fourth-order valence-corrected chi connectivity index (χ4v) is 2.28. The number of aryl methyl sites for hydroxylation is 2. The molecule has 0 saturated heterocycles. The summed E-state index contributed by atoms with van der Waals surface area (Å²) in [6, 6.07) is 9.92. The zero-order valence-electron chi connectivity index (χ0n) is 12.5. The van der Waals surface area contributed by atoms with Crippen LogP contribution in [0.5, 0.6) is 0 Å². The van der Waals surface area contributed by atoms with E-state index in [9.17, 15) is 4.79 Å². The maximum absolute atomic E-state index is 12.7. The summed E-state index contributed by atoms with van der Waals surface area (Å²) < 4.78 is 5.10. The van der Waals surface area contributed by atoms with E-state index in [2.05, 4.69) is 5.16 Å². The average molecular weight is 287 g/mol. The number of rotatable bonds is 6. The highest BCUT2D eigenvalue weighted by molar-refractivity contribution is 5.96. The van der Waals surface area contributed by atoms with Crippen LogP contribution in [0.25, 0.3) is 0 Å². The van der Waals surface area contributed by atoms with Crippen LogP contribution in [-0.4, -0.2) is 29.1 Å². The Morgan fingerprint density at radius 2 is 2.00 bits per heavy atom. The molecule has 0 bridgehead atoms. The van der Waals surface area contributed by atoms with Crippen molar-refractivity contribution in [3.63, 3.8) is 0 Å². The Kier molecular flexibility index (Phi) is 5.11. The van der Waals surface area contributed by atoms with Crippen molar-refractivity contribution in [1.29, 1.82) is 0 Å². The zero-order valence-corrected chi connectivity index (χ0v) is 12.5. The van der Waals surface area contributed by atoms with E-state index in [0.717, 1.165) is 12.0 Å². The first-order valence-electron chi connectivity index (χ1n) is 7.09. The van der Waals surface area contributed by atoms with Crippen molar-refractivity contribution in [2.45, 2.75) is 26.8 Å². The van der Waals surface area contributed by atoms with E-state index in [4.69, 9.17) is 10.3 Å². The molecule has 1 heterocycles. The minimum Gasteiger partial charge on any atom is -0.361 e. The van der Waals surface area contributed by atoms with Gasteiger partial charge in [-0.15, -0.1) is 0 Å². The third kappa shape index (κ3) is 3.70. The molecule has 2 aromatic rings. The molecule has 0 aliphatic carbocycles. The smallest absolute Gasteiger partial charge is 0.259 e. The van der Waals surface area contributed by atoms with Crippen LogP contribution in [0.3, 0.4) is 0 Å². The molecule has 1 aromatic heterocycles.